The van der Waals surface area contributed by atoms with Crippen LogP contribution in [0.4, 0.5) is 0 Å². The first-order valence-corrected chi connectivity index (χ1v) is 8.85. The summed E-state index contributed by atoms with van der Waals surface area (Å²) in [6.45, 7) is 7.89. The summed E-state index contributed by atoms with van der Waals surface area (Å²) >= 11 is 8.23. The van der Waals surface area contributed by atoms with Crippen molar-refractivity contribution >= 4 is 23.4 Å². The molecule has 4 heteroatoms. The van der Waals surface area contributed by atoms with Gasteiger partial charge in [-0.3, -0.25) is 4.90 Å². The van der Waals surface area contributed by atoms with Crippen molar-refractivity contribution in [2.75, 3.05) is 12.3 Å². The van der Waals surface area contributed by atoms with Crippen molar-refractivity contribution in [3.8, 4) is 0 Å². The normalized spacial score (nSPS) is 27.2. The molecule has 0 spiro atoms. The van der Waals surface area contributed by atoms with Gasteiger partial charge in [0, 0.05) is 34.7 Å². The zero-order valence-electron chi connectivity index (χ0n) is 12.6. The van der Waals surface area contributed by atoms with Gasteiger partial charge in [-0.15, -0.1) is 0 Å². The van der Waals surface area contributed by atoms with E-state index in [1.807, 2.05) is 12.1 Å². The van der Waals surface area contributed by atoms with Crippen LogP contribution in [0.3, 0.4) is 0 Å². The van der Waals surface area contributed by atoms with Gasteiger partial charge in [0.15, 0.2) is 0 Å². The Hall–Kier alpha value is -0.220. The average molecular weight is 313 g/mol. The molecule has 1 heterocycles. The Kier molecular flexibility index (Phi) is 5.79. The third-order valence-corrected chi connectivity index (χ3v) is 5.93. The summed E-state index contributed by atoms with van der Waals surface area (Å²) in [6, 6.07) is 9.13. The molecule has 1 saturated heterocycles. The highest BCUT2D eigenvalue weighted by Crippen LogP contribution is 2.34. The van der Waals surface area contributed by atoms with Crippen molar-refractivity contribution in [2.24, 2.45) is 5.73 Å². The van der Waals surface area contributed by atoms with E-state index in [-0.39, 0.29) is 12.1 Å². The lowest BCUT2D eigenvalue weighted by atomic mass is 9.94. The van der Waals surface area contributed by atoms with E-state index >= 15 is 0 Å². The lowest BCUT2D eigenvalue weighted by Crippen LogP contribution is -2.51. The second-order valence-corrected chi connectivity index (χ2v) is 7.55. The summed E-state index contributed by atoms with van der Waals surface area (Å²) in [4.78, 5) is 2.57. The van der Waals surface area contributed by atoms with Crippen LogP contribution in [0.25, 0.3) is 0 Å². The fraction of sp³-hybridized carbons (Fsp3) is 0.625. The topological polar surface area (TPSA) is 29.3 Å². The maximum atomic E-state index is 6.45. The average Bonchev–Trinajstić information content (AvgIpc) is 2.43. The standard InChI is InChI=1S/C16H25ClN2S/c1-4-15(18)16(13-6-5-7-14(17)10-13)19-8-9-20-12(3)11(19)2/h5-7,10-12,15-16H,4,8-9,18H2,1-3H3. The summed E-state index contributed by atoms with van der Waals surface area (Å²) in [6.07, 6.45) is 0.974. The molecular weight excluding hydrogens is 288 g/mol. The molecule has 4 atom stereocenters. The predicted molar refractivity (Wildman–Crippen MR) is 90.5 cm³/mol. The number of hydrogen-bond acceptors (Lipinski definition) is 3. The molecule has 2 rings (SSSR count). The van der Waals surface area contributed by atoms with Crippen LogP contribution in [-0.2, 0) is 0 Å². The molecule has 0 amide bonds. The molecule has 0 bridgehead atoms. The number of benzene rings is 1. The SMILES string of the molecule is CCC(N)C(c1cccc(Cl)c1)N1CCSC(C)C1C. The molecule has 0 aromatic heterocycles. The van der Waals surface area contributed by atoms with Crippen molar-refractivity contribution in [1.29, 1.82) is 0 Å². The van der Waals surface area contributed by atoms with Crippen molar-refractivity contribution in [2.45, 2.75) is 50.6 Å². The van der Waals surface area contributed by atoms with Crippen LogP contribution in [0.1, 0.15) is 38.8 Å². The molecule has 4 unspecified atom stereocenters. The number of hydrogen-bond donors (Lipinski definition) is 1. The Morgan fingerprint density at radius 3 is 2.85 bits per heavy atom. The largest absolute Gasteiger partial charge is 0.326 e. The van der Waals surface area contributed by atoms with Crippen LogP contribution in [0.15, 0.2) is 24.3 Å². The fourth-order valence-electron chi connectivity index (χ4n) is 2.95. The maximum Gasteiger partial charge on any atom is 0.0503 e. The van der Waals surface area contributed by atoms with Gasteiger partial charge >= 0.3 is 0 Å². The van der Waals surface area contributed by atoms with E-state index in [1.165, 1.54) is 11.3 Å². The highest BCUT2D eigenvalue weighted by molar-refractivity contribution is 8.00. The van der Waals surface area contributed by atoms with Gasteiger partial charge in [0.2, 0.25) is 0 Å². The first-order valence-electron chi connectivity index (χ1n) is 7.43. The van der Waals surface area contributed by atoms with Gasteiger partial charge in [-0.05, 0) is 31.0 Å². The Labute approximate surface area is 132 Å². The van der Waals surface area contributed by atoms with E-state index in [4.69, 9.17) is 17.3 Å². The lowest BCUT2D eigenvalue weighted by Gasteiger charge is -2.44. The van der Waals surface area contributed by atoms with Crippen LogP contribution in [-0.4, -0.2) is 34.5 Å². The molecule has 0 radical (unpaired) electrons. The highest BCUT2D eigenvalue weighted by Gasteiger charge is 2.34. The van der Waals surface area contributed by atoms with Gasteiger partial charge in [-0.1, -0.05) is 37.6 Å². The van der Waals surface area contributed by atoms with Gasteiger partial charge in [0.1, 0.15) is 0 Å². The molecule has 1 aliphatic rings. The smallest absolute Gasteiger partial charge is 0.0503 e. The second kappa shape index (κ2) is 7.17. The zero-order chi connectivity index (χ0) is 14.7. The number of nitrogens with zero attached hydrogens (tertiary/aromatic N) is 1. The minimum absolute atomic E-state index is 0.145. The van der Waals surface area contributed by atoms with E-state index in [0.29, 0.717) is 11.3 Å². The Morgan fingerprint density at radius 1 is 1.45 bits per heavy atom. The predicted octanol–water partition coefficient (Wildman–Crippen LogP) is 3.94. The molecule has 1 aliphatic heterocycles. The van der Waals surface area contributed by atoms with Gasteiger partial charge in [-0.2, -0.15) is 11.8 Å². The Balaban J connectivity index is 2.32. The van der Waals surface area contributed by atoms with Crippen LogP contribution in [0.5, 0.6) is 0 Å². The van der Waals surface area contributed by atoms with Gasteiger partial charge < -0.3 is 5.73 Å². The molecule has 2 nitrogen and oxygen atoms in total. The van der Waals surface area contributed by atoms with E-state index in [2.05, 4.69) is 49.6 Å². The first kappa shape index (κ1) is 16.2. The number of rotatable bonds is 4. The van der Waals surface area contributed by atoms with Crippen LogP contribution >= 0.6 is 23.4 Å². The summed E-state index contributed by atoms with van der Waals surface area (Å²) in [5, 5.41) is 1.44. The number of nitrogens with two attached hydrogens (primary N) is 1. The van der Waals surface area contributed by atoms with E-state index < -0.39 is 0 Å². The minimum Gasteiger partial charge on any atom is -0.326 e. The number of thioether (sulfide) groups is 1. The number of halogens is 1. The summed E-state index contributed by atoms with van der Waals surface area (Å²) < 4.78 is 0. The Bertz CT molecular complexity index is 440. The molecule has 2 N–H and O–H groups in total. The van der Waals surface area contributed by atoms with Gasteiger partial charge in [0.05, 0.1) is 6.04 Å². The second-order valence-electron chi connectivity index (χ2n) is 5.63. The molecule has 0 aliphatic carbocycles. The van der Waals surface area contributed by atoms with E-state index in [0.717, 1.165) is 18.0 Å². The molecular formula is C16H25ClN2S. The van der Waals surface area contributed by atoms with Crippen molar-refractivity contribution in [3.63, 3.8) is 0 Å². The summed E-state index contributed by atoms with van der Waals surface area (Å²) in [5.41, 5.74) is 7.69. The van der Waals surface area contributed by atoms with Crippen molar-refractivity contribution < 1.29 is 0 Å². The monoisotopic (exact) mass is 312 g/mol. The molecule has 20 heavy (non-hydrogen) atoms. The zero-order valence-corrected chi connectivity index (χ0v) is 14.1. The first-order chi connectivity index (χ1) is 9.54. The van der Waals surface area contributed by atoms with Crippen molar-refractivity contribution in [3.05, 3.63) is 34.9 Å². The van der Waals surface area contributed by atoms with E-state index in [1.54, 1.807) is 0 Å². The third kappa shape index (κ3) is 3.51. The van der Waals surface area contributed by atoms with Gasteiger partial charge in [-0.25, -0.2) is 0 Å². The quantitative estimate of drug-likeness (QED) is 0.913. The van der Waals surface area contributed by atoms with Crippen LogP contribution < -0.4 is 5.73 Å². The Morgan fingerprint density at radius 2 is 2.20 bits per heavy atom. The minimum atomic E-state index is 0.145. The van der Waals surface area contributed by atoms with Gasteiger partial charge in [0.25, 0.3) is 0 Å². The molecule has 1 aromatic rings. The van der Waals surface area contributed by atoms with Crippen LogP contribution in [0.2, 0.25) is 5.02 Å². The molecule has 1 fully saturated rings. The third-order valence-electron chi connectivity index (χ3n) is 4.36. The summed E-state index contributed by atoms with van der Waals surface area (Å²) in [5.74, 6) is 1.18. The van der Waals surface area contributed by atoms with E-state index in [9.17, 15) is 0 Å². The highest BCUT2D eigenvalue weighted by atomic mass is 35.5. The molecule has 1 aromatic carbocycles. The maximum absolute atomic E-state index is 6.45. The lowest BCUT2D eigenvalue weighted by molar-refractivity contribution is 0.124. The fourth-order valence-corrected chi connectivity index (χ4v) is 4.27. The van der Waals surface area contributed by atoms with Crippen LogP contribution in [0, 0.1) is 0 Å². The molecule has 112 valence electrons. The summed E-state index contributed by atoms with van der Waals surface area (Å²) in [7, 11) is 0. The molecule has 0 saturated carbocycles. The van der Waals surface area contributed by atoms with Crippen molar-refractivity contribution in [1.82, 2.24) is 4.90 Å².